The smallest absolute Gasteiger partial charge is 0.386 e. The van der Waals surface area contributed by atoms with Crippen LogP contribution in [-0.2, 0) is 27.7 Å². The van der Waals surface area contributed by atoms with Crippen LogP contribution in [0.2, 0.25) is 0 Å². The molecule has 0 aliphatic carbocycles. The molecular formula is C26H47N3O12P2. The molecule has 1 saturated heterocycles. The van der Waals surface area contributed by atoms with Crippen molar-refractivity contribution in [1.29, 1.82) is 0 Å². The molecule has 0 aromatic carbocycles. The van der Waals surface area contributed by atoms with Gasteiger partial charge in [0.25, 0.3) is 0 Å². The van der Waals surface area contributed by atoms with Gasteiger partial charge in [-0.05, 0) is 12.5 Å². The third kappa shape index (κ3) is 15.4. The van der Waals surface area contributed by atoms with Crippen LogP contribution in [0.15, 0.2) is 17.1 Å². The number of aromatic nitrogens is 2. The fraction of sp³-hybridized carbons (Fsp3) is 0.808. The number of amides is 1. The Bertz CT molecular complexity index is 1120. The molecule has 0 spiro atoms. The van der Waals surface area contributed by atoms with Crippen LogP contribution < -0.4 is 11.0 Å². The zero-order chi connectivity index (χ0) is 31.9. The van der Waals surface area contributed by atoms with Crippen LogP contribution in [0.25, 0.3) is 0 Å². The van der Waals surface area contributed by atoms with E-state index in [-0.39, 0.29) is 18.1 Å². The molecule has 1 aliphatic rings. The molecule has 1 fully saturated rings. The summed E-state index contributed by atoms with van der Waals surface area (Å²) in [5, 5.41) is 13.1. The summed E-state index contributed by atoms with van der Waals surface area (Å²) in [5.41, 5.74) is -0.968. The standard InChI is InChI=1S/C26H47N3O12P2/c1-2-3-4-5-6-7-8-9-10-11-12-13-14-15-16-22(30)27-21-17-18-29(26(32)28-21)25-23(31)24(41-43(36,37)38)20(40-25)19-39-42(33,34)35/h17-18,20,23-25,31H,2-16,19H2,1H3,(H2,33,34,35)(H2,36,37,38)(H,27,28,30,32)/t20-,23-,24-,25-/m1/s1. The highest BCUT2D eigenvalue weighted by molar-refractivity contribution is 7.46. The Hall–Kier alpha value is -1.51. The summed E-state index contributed by atoms with van der Waals surface area (Å²) < 4.78 is 37.4. The highest BCUT2D eigenvalue weighted by Gasteiger charge is 2.49. The number of rotatable bonds is 22. The van der Waals surface area contributed by atoms with Gasteiger partial charge in [-0.3, -0.25) is 18.4 Å². The van der Waals surface area contributed by atoms with Crippen molar-refractivity contribution in [3.8, 4) is 0 Å². The van der Waals surface area contributed by atoms with Crippen molar-refractivity contribution in [3.63, 3.8) is 0 Å². The maximum absolute atomic E-state index is 12.6. The number of aliphatic hydroxyl groups excluding tert-OH is 1. The molecule has 2 heterocycles. The molecular weight excluding hydrogens is 608 g/mol. The fourth-order valence-electron chi connectivity index (χ4n) is 4.90. The van der Waals surface area contributed by atoms with Crippen molar-refractivity contribution in [2.24, 2.45) is 0 Å². The van der Waals surface area contributed by atoms with E-state index in [1.807, 2.05) is 0 Å². The van der Waals surface area contributed by atoms with Crippen molar-refractivity contribution in [2.45, 2.75) is 128 Å². The first-order chi connectivity index (χ1) is 20.3. The SMILES string of the molecule is CCCCCCCCCCCCCCCCC(=O)Nc1ccn([C@@H]2O[C@H](COP(=O)(O)O)[C@@H](OP(=O)(O)O)[C@H]2O)c(=O)n1. The van der Waals surface area contributed by atoms with E-state index < -0.39 is 52.5 Å². The summed E-state index contributed by atoms with van der Waals surface area (Å²) >= 11 is 0. The Morgan fingerprint density at radius 1 is 0.930 bits per heavy atom. The third-order valence-corrected chi connectivity index (χ3v) is 8.11. The first kappa shape index (κ1) is 37.7. The second-order valence-electron chi connectivity index (χ2n) is 10.8. The second kappa shape index (κ2) is 19.1. The van der Waals surface area contributed by atoms with Gasteiger partial charge in [0.05, 0.1) is 6.61 Å². The predicted octanol–water partition coefficient (Wildman–Crippen LogP) is 3.90. The number of ether oxygens (including phenoxy) is 1. The summed E-state index contributed by atoms with van der Waals surface area (Å²) in [6, 6.07) is 1.28. The fourth-order valence-corrected chi connectivity index (χ4v) is 5.82. The Kier molecular flexibility index (Phi) is 16.7. The lowest BCUT2D eigenvalue weighted by Crippen LogP contribution is -2.37. The summed E-state index contributed by atoms with van der Waals surface area (Å²) in [5.74, 6) is -0.348. The van der Waals surface area contributed by atoms with Crippen molar-refractivity contribution < 1.29 is 52.4 Å². The molecule has 43 heavy (non-hydrogen) atoms. The van der Waals surface area contributed by atoms with Crippen molar-refractivity contribution in [1.82, 2.24) is 9.55 Å². The summed E-state index contributed by atoms with van der Waals surface area (Å²) in [7, 11) is -10.2. The first-order valence-corrected chi connectivity index (χ1v) is 18.0. The number of nitrogens with one attached hydrogen (secondary N) is 1. The second-order valence-corrected chi connectivity index (χ2v) is 13.2. The number of unbranched alkanes of at least 4 members (excludes halogenated alkanes) is 13. The molecule has 1 amide bonds. The van der Waals surface area contributed by atoms with Crippen LogP contribution in [0.4, 0.5) is 5.82 Å². The molecule has 17 heteroatoms. The summed E-state index contributed by atoms with van der Waals surface area (Å²) in [6.45, 7) is 1.32. The Morgan fingerprint density at radius 2 is 1.47 bits per heavy atom. The zero-order valence-corrected chi connectivity index (χ0v) is 26.4. The number of nitrogens with zero attached hydrogens (tertiary/aromatic N) is 2. The molecule has 15 nitrogen and oxygen atoms in total. The minimum Gasteiger partial charge on any atom is -0.386 e. The van der Waals surface area contributed by atoms with Gasteiger partial charge in [-0.2, -0.15) is 4.98 Å². The molecule has 1 aromatic heterocycles. The van der Waals surface area contributed by atoms with Crippen LogP contribution >= 0.6 is 15.6 Å². The molecule has 0 unspecified atom stereocenters. The summed E-state index contributed by atoms with van der Waals surface area (Å²) in [6.07, 6.45) is 11.4. The van der Waals surface area contributed by atoms with Crippen LogP contribution in [-0.4, -0.2) is 65.1 Å². The minimum atomic E-state index is -5.18. The Morgan fingerprint density at radius 3 is 1.95 bits per heavy atom. The van der Waals surface area contributed by atoms with Crippen LogP contribution in [0, 0.1) is 0 Å². The normalized spacial score (nSPS) is 20.9. The van der Waals surface area contributed by atoms with E-state index in [1.165, 1.54) is 70.3 Å². The van der Waals surface area contributed by atoms with E-state index in [2.05, 4.69) is 26.3 Å². The van der Waals surface area contributed by atoms with Gasteiger partial charge in [-0.1, -0.05) is 90.4 Å². The Balaban J connectivity index is 1.74. The van der Waals surface area contributed by atoms with E-state index in [4.69, 9.17) is 24.3 Å². The average molecular weight is 656 g/mol. The van der Waals surface area contributed by atoms with Gasteiger partial charge in [0.15, 0.2) is 6.23 Å². The van der Waals surface area contributed by atoms with E-state index in [0.29, 0.717) is 6.42 Å². The summed E-state index contributed by atoms with van der Waals surface area (Å²) in [4.78, 5) is 64.9. The topological polar surface area (TPSA) is 227 Å². The molecule has 1 aromatic rings. The number of phosphoric acid groups is 2. The van der Waals surface area contributed by atoms with Gasteiger partial charge in [0.1, 0.15) is 24.1 Å². The van der Waals surface area contributed by atoms with Gasteiger partial charge in [-0.25, -0.2) is 13.9 Å². The van der Waals surface area contributed by atoms with Crippen molar-refractivity contribution >= 4 is 27.4 Å². The van der Waals surface area contributed by atoms with E-state index in [1.54, 1.807) is 0 Å². The number of hydrogen-bond acceptors (Lipinski definition) is 9. The third-order valence-electron chi connectivity index (χ3n) is 7.10. The number of aliphatic hydroxyl groups is 1. The molecule has 6 N–H and O–H groups in total. The van der Waals surface area contributed by atoms with Crippen LogP contribution in [0.1, 0.15) is 109 Å². The molecule has 0 bridgehead atoms. The van der Waals surface area contributed by atoms with Gasteiger partial charge in [0, 0.05) is 12.6 Å². The quantitative estimate of drug-likeness (QED) is 0.0770. The monoisotopic (exact) mass is 655 g/mol. The molecule has 0 radical (unpaired) electrons. The Labute approximate surface area is 251 Å². The van der Waals surface area contributed by atoms with Gasteiger partial charge < -0.3 is 34.7 Å². The van der Waals surface area contributed by atoms with E-state index in [0.717, 1.165) is 30.0 Å². The average Bonchev–Trinajstić information content (AvgIpc) is 3.20. The van der Waals surface area contributed by atoms with Gasteiger partial charge in [-0.15, -0.1) is 0 Å². The largest absolute Gasteiger partial charge is 0.470 e. The number of hydrogen-bond donors (Lipinski definition) is 6. The predicted molar refractivity (Wildman–Crippen MR) is 157 cm³/mol. The van der Waals surface area contributed by atoms with Gasteiger partial charge in [0.2, 0.25) is 5.91 Å². The lowest BCUT2D eigenvalue weighted by molar-refractivity contribution is -0.116. The van der Waals surface area contributed by atoms with E-state index in [9.17, 15) is 23.8 Å². The van der Waals surface area contributed by atoms with Crippen molar-refractivity contribution in [2.75, 3.05) is 11.9 Å². The molecule has 0 saturated carbocycles. The highest BCUT2D eigenvalue weighted by atomic mass is 31.2. The maximum atomic E-state index is 12.6. The minimum absolute atomic E-state index is 0.0338. The zero-order valence-electron chi connectivity index (χ0n) is 24.7. The number of anilines is 1. The number of phosphoric ester groups is 2. The van der Waals surface area contributed by atoms with Gasteiger partial charge >= 0.3 is 21.3 Å². The van der Waals surface area contributed by atoms with Crippen LogP contribution in [0.3, 0.4) is 0 Å². The molecule has 2 rings (SSSR count). The van der Waals surface area contributed by atoms with Crippen LogP contribution in [0.5, 0.6) is 0 Å². The lowest BCUT2D eigenvalue weighted by Gasteiger charge is -2.21. The van der Waals surface area contributed by atoms with E-state index >= 15 is 0 Å². The number of carbonyl (C=O) groups excluding carboxylic acids is 1. The molecule has 4 atom stereocenters. The highest BCUT2D eigenvalue weighted by Crippen LogP contribution is 2.45. The number of carbonyl (C=O) groups is 1. The maximum Gasteiger partial charge on any atom is 0.470 e. The molecule has 1 aliphatic heterocycles. The lowest BCUT2D eigenvalue weighted by atomic mass is 10.0. The first-order valence-electron chi connectivity index (χ1n) is 15.0. The molecule has 248 valence electrons. The van der Waals surface area contributed by atoms with Crippen molar-refractivity contribution in [3.05, 3.63) is 22.7 Å².